The van der Waals surface area contributed by atoms with Crippen LogP contribution in [0, 0.1) is 23.7 Å². The van der Waals surface area contributed by atoms with Gasteiger partial charge in [0.1, 0.15) is 0 Å². The topological polar surface area (TPSA) is 61.1 Å². The molecule has 0 heterocycles. The number of hydrogen-bond donors (Lipinski definition) is 1. The molecule has 1 N–H and O–H groups in total. The van der Waals surface area contributed by atoms with E-state index in [0.717, 1.165) is 0 Å². The summed E-state index contributed by atoms with van der Waals surface area (Å²) in [6, 6.07) is 10.2. The van der Waals surface area contributed by atoms with Gasteiger partial charge in [-0.3, -0.25) is 4.79 Å². The number of nitriles is 1. The Morgan fingerprint density at radius 1 is 1.50 bits per heavy atom. The number of carboxylic acids is 1. The molecule has 0 fully saturated rings. The van der Waals surface area contributed by atoms with Gasteiger partial charge in [0, 0.05) is 0 Å². The zero-order chi connectivity index (χ0) is 13.8. The number of aryl methyl sites for hydroxylation is 1. The van der Waals surface area contributed by atoms with E-state index in [2.05, 4.69) is 6.07 Å². The summed E-state index contributed by atoms with van der Waals surface area (Å²) in [5.74, 6) is -0.744. The molecule has 18 heavy (non-hydrogen) atoms. The molecule has 0 aliphatic rings. The first-order chi connectivity index (χ1) is 8.38. The molecule has 0 bridgehead atoms. The SMILES string of the molecule is Cc1ccccc1C(C)CC(C)(C#N)CC(=O)O. The largest absolute Gasteiger partial charge is 0.481 e. The number of benzene rings is 1. The van der Waals surface area contributed by atoms with E-state index in [1.54, 1.807) is 6.92 Å². The maximum absolute atomic E-state index is 10.8. The Morgan fingerprint density at radius 3 is 2.61 bits per heavy atom. The average molecular weight is 245 g/mol. The summed E-state index contributed by atoms with van der Waals surface area (Å²) in [6.45, 7) is 5.79. The number of nitrogens with zero attached hydrogens (tertiary/aromatic N) is 1. The van der Waals surface area contributed by atoms with Gasteiger partial charge in [-0.25, -0.2) is 0 Å². The van der Waals surface area contributed by atoms with Gasteiger partial charge in [-0.15, -0.1) is 0 Å². The van der Waals surface area contributed by atoms with Gasteiger partial charge in [0.2, 0.25) is 0 Å². The van der Waals surface area contributed by atoms with Crippen LogP contribution in [0.25, 0.3) is 0 Å². The first kappa shape index (κ1) is 14.2. The van der Waals surface area contributed by atoms with E-state index < -0.39 is 11.4 Å². The summed E-state index contributed by atoms with van der Waals surface area (Å²) >= 11 is 0. The van der Waals surface area contributed by atoms with Crippen LogP contribution in [0.3, 0.4) is 0 Å². The Labute approximate surface area is 108 Å². The highest BCUT2D eigenvalue weighted by molar-refractivity contribution is 5.68. The second-order valence-electron chi connectivity index (χ2n) is 5.20. The molecule has 0 aliphatic carbocycles. The fourth-order valence-electron chi connectivity index (χ4n) is 2.42. The highest BCUT2D eigenvalue weighted by Gasteiger charge is 2.30. The molecule has 0 saturated heterocycles. The standard InChI is InChI=1S/C15H19NO2/c1-11-6-4-5-7-13(11)12(2)8-15(3,10-16)9-14(17)18/h4-7,12H,8-9H2,1-3H3,(H,17,18). The number of hydrogen-bond acceptors (Lipinski definition) is 2. The predicted molar refractivity (Wildman–Crippen MR) is 70.2 cm³/mol. The van der Waals surface area contributed by atoms with Gasteiger partial charge in [-0.1, -0.05) is 31.2 Å². The normalized spacial score (nSPS) is 15.4. The molecule has 0 aromatic heterocycles. The summed E-state index contributed by atoms with van der Waals surface area (Å²) < 4.78 is 0. The molecule has 1 aromatic rings. The van der Waals surface area contributed by atoms with Gasteiger partial charge >= 0.3 is 5.97 Å². The number of aliphatic carboxylic acids is 1. The lowest BCUT2D eigenvalue weighted by molar-refractivity contribution is -0.138. The summed E-state index contributed by atoms with van der Waals surface area (Å²) in [7, 11) is 0. The molecule has 1 aromatic carbocycles. The maximum Gasteiger partial charge on any atom is 0.304 e. The molecule has 3 nitrogen and oxygen atoms in total. The summed E-state index contributed by atoms with van der Waals surface area (Å²) in [5.41, 5.74) is 1.55. The molecule has 0 radical (unpaired) electrons. The fourth-order valence-corrected chi connectivity index (χ4v) is 2.42. The predicted octanol–water partition coefficient (Wildman–Crippen LogP) is 3.49. The highest BCUT2D eigenvalue weighted by atomic mass is 16.4. The van der Waals surface area contributed by atoms with Crippen molar-refractivity contribution < 1.29 is 9.90 Å². The molecular formula is C15H19NO2. The van der Waals surface area contributed by atoms with Gasteiger partial charge < -0.3 is 5.11 Å². The first-order valence-electron chi connectivity index (χ1n) is 6.06. The van der Waals surface area contributed by atoms with E-state index in [4.69, 9.17) is 5.11 Å². The molecule has 0 amide bonds. The molecule has 0 aliphatic heterocycles. The molecule has 96 valence electrons. The van der Waals surface area contributed by atoms with Crippen molar-refractivity contribution in [1.82, 2.24) is 0 Å². The second kappa shape index (κ2) is 5.68. The van der Waals surface area contributed by atoms with Crippen LogP contribution in [0.2, 0.25) is 0 Å². The molecule has 2 unspecified atom stereocenters. The van der Waals surface area contributed by atoms with Crippen molar-refractivity contribution in [3.63, 3.8) is 0 Å². The zero-order valence-electron chi connectivity index (χ0n) is 11.1. The van der Waals surface area contributed by atoms with Crippen LogP contribution in [-0.2, 0) is 4.79 Å². The third-order valence-electron chi connectivity index (χ3n) is 3.29. The van der Waals surface area contributed by atoms with Gasteiger partial charge in [0.15, 0.2) is 0 Å². The number of rotatable bonds is 5. The van der Waals surface area contributed by atoms with Crippen LogP contribution in [-0.4, -0.2) is 11.1 Å². The molecule has 1 rings (SSSR count). The van der Waals surface area contributed by atoms with Crippen LogP contribution >= 0.6 is 0 Å². The Kier molecular flexibility index (Phi) is 4.49. The van der Waals surface area contributed by atoms with E-state index in [1.807, 2.05) is 38.1 Å². The van der Waals surface area contributed by atoms with Crippen LogP contribution < -0.4 is 0 Å². The lowest BCUT2D eigenvalue weighted by Crippen LogP contribution is -2.21. The molecule has 0 spiro atoms. The smallest absolute Gasteiger partial charge is 0.304 e. The Morgan fingerprint density at radius 2 is 2.11 bits per heavy atom. The van der Waals surface area contributed by atoms with E-state index in [-0.39, 0.29) is 12.3 Å². The Hall–Kier alpha value is -1.82. The third kappa shape index (κ3) is 3.59. The average Bonchev–Trinajstić information content (AvgIpc) is 2.28. The van der Waals surface area contributed by atoms with E-state index >= 15 is 0 Å². The lowest BCUT2D eigenvalue weighted by Gasteiger charge is -2.24. The summed E-state index contributed by atoms with van der Waals surface area (Å²) in [5, 5.41) is 18.1. The summed E-state index contributed by atoms with van der Waals surface area (Å²) in [6.07, 6.45) is 0.445. The van der Waals surface area contributed by atoms with Gasteiger partial charge in [0.25, 0.3) is 0 Å². The second-order valence-corrected chi connectivity index (χ2v) is 5.20. The minimum atomic E-state index is -0.920. The van der Waals surface area contributed by atoms with Crippen LogP contribution in [0.1, 0.15) is 43.7 Å². The molecule has 3 heteroatoms. The van der Waals surface area contributed by atoms with E-state index in [0.29, 0.717) is 6.42 Å². The monoisotopic (exact) mass is 245 g/mol. The quantitative estimate of drug-likeness (QED) is 0.863. The Bertz CT molecular complexity index is 476. The molecular weight excluding hydrogens is 226 g/mol. The molecule has 2 atom stereocenters. The Balaban J connectivity index is 2.87. The van der Waals surface area contributed by atoms with Crippen molar-refractivity contribution in [3.8, 4) is 6.07 Å². The molecule has 0 saturated carbocycles. The minimum absolute atomic E-state index is 0.111. The number of carboxylic acid groups (broad SMARTS) is 1. The summed E-state index contributed by atoms with van der Waals surface area (Å²) in [4.78, 5) is 10.8. The number of carbonyl (C=O) groups is 1. The van der Waals surface area contributed by atoms with E-state index in [9.17, 15) is 10.1 Å². The maximum atomic E-state index is 10.8. The first-order valence-corrected chi connectivity index (χ1v) is 6.06. The van der Waals surface area contributed by atoms with Crippen molar-refractivity contribution in [3.05, 3.63) is 35.4 Å². The van der Waals surface area contributed by atoms with Crippen LogP contribution in [0.5, 0.6) is 0 Å². The minimum Gasteiger partial charge on any atom is -0.481 e. The van der Waals surface area contributed by atoms with Crippen molar-refractivity contribution in [2.45, 2.75) is 39.5 Å². The van der Waals surface area contributed by atoms with Gasteiger partial charge in [0.05, 0.1) is 17.9 Å². The fraction of sp³-hybridized carbons (Fsp3) is 0.467. The van der Waals surface area contributed by atoms with Crippen molar-refractivity contribution in [1.29, 1.82) is 5.26 Å². The van der Waals surface area contributed by atoms with Gasteiger partial charge in [-0.05, 0) is 37.3 Å². The van der Waals surface area contributed by atoms with Gasteiger partial charge in [-0.2, -0.15) is 5.26 Å². The van der Waals surface area contributed by atoms with Crippen molar-refractivity contribution in [2.75, 3.05) is 0 Å². The van der Waals surface area contributed by atoms with Crippen LogP contribution in [0.4, 0.5) is 0 Å². The van der Waals surface area contributed by atoms with Crippen molar-refractivity contribution in [2.24, 2.45) is 5.41 Å². The van der Waals surface area contributed by atoms with Crippen LogP contribution in [0.15, 0.2) is 24.3 Å². The lowest BCUT2D eigenvalue weighted by atomic mass is 9.77. The third-order valence-corrected chi connectivity index (χ3v) is 3.29. The zero-order valence-corrected chi connectivity index (χ0v) is 11.1. The van der Waals surface area contributed by atoms with E-state index in [1.165, 1.54) is 11.1 Å². The van der Waals surface area contributed by atoms with Crippen molar-refractivity contribution >= 4 is 5.97 Å². The highest BCUT2D eigenvalue weighted by Crippen LogP contribution is 2.35.